The normalized spacial score (nSPS) is 47.0. The van der Waals surface area contributed by atoms with Crippen LogP contribution in [-0.2, 0) is 14.3 Å². The fourth-order valence-electron chi connectivity index (χ4n) is 7.12. The lowest BCUT2D eigenvalue weighted by Crippen LogP contribution is -2.87. The van der Waals surface area contributed by atoms with Gasteiger partial charge in [-0.15, -0.1) is 0 Å². The van der Waals surface area contributed by atoms with Crippen LogP contribution >= 0.6 is 0 Å². The Bertz CT molecular complexity index is 723. The first kappa shape index (κ1) is 15.9. The second-order valence-electron chi connectivity index (χ2n) is 9.48. The Morgan fingerprint density at radius 3 is 2.68 bits per heavy atom. The van der Waals surface area contributed by atoms with E-state index >= 15 is 0 Å². The smallest absolute Gasteiger partial charge is 0.250 e. The van der Waals surface area contributed by atoms with Crippen LogP contribution in [0.3, 0.4) is 0 Å². The van der Waals surface area contributed by atoms with Gasteiger partial charge >= 0.3 is 0 Å². The molecule has 0 aromatic carbocycles. The van der Waals surface area contributed by atoms with Gasteiger partial charge in [-0.3, -0.25) is 4.79 Å². The third-order valence-electron chi connectivity index (χ3n) is 7.95. The summed E-state index contributed by atoms with van der Waals surface area (Å²) in [4.78, 5) is 15.9. The van der Waals surface area contributed by atoms with E-state index in [0.717, 1.165) is 18.4 Å². The van der Waals surface area contributed by atoms with E-state index in [0.29, 0.717) is 31.0 Å². The van der Waals surface area contributed by atoms with E-state index in [1.165, 1.54) is 5.57 Å². The van der Waals surface area contributed by atoms with Gasteiger partial charge in [0.1, 0.15) is 5.54 Å². The predicted molar refractivity (Wildman–Crippen MR) is 94.7 cm³/mol. The van der Waals surface area contributed by atoms with Gasteiger partial charge < -0.3 is 14.4 Å². The lowest BCUT2D eigenvalue weighted by Gasteiger charge is -2.72. The summed E-state index contributed by atoms with van der Waals surface area (Å²) in [7, 11) is 0. The monoisotopic (exact) mass is 343 g/mol. The molecule has 1 saturated carbocycles. The van der Waals surface area contributed by atoms with Gasteiger partial charge in [0, 0.05) is 22.9 Å². The largest absolute Gasteiger partial charge is 0.489 e. The molecule has 2 fully saturated rings. The van der Waals surface area contributed by atoms with Crippen molar-refractivity contribution in [3.05, 3.63) is 23.5 Å². The van der Waals surface area contributed by atoms with Gasteiger partial charge in [0.15, 0.2) is 5.60 Å². The molecule has 4 heteroatoms. The summed E-state index contributed by atoms with van der Waals surface area (Å²) >= 11 is 0. The van der Waals surface area contributed by atoms with Crippen LogP contribution in [0.5, 0.6) is 0 Å². The van der Waals surface area contributed by atoms with Gasteiger partial charge in [0.2, 0.25) is 0 Å². The highest BCUT2D eigenvalue weighted by Crippen LogP contribution is 2.75. The molecule has 2 aliphatic carbocycles. The van der Waals surface area contributed by atoms with Crippen molar-refractivity contribution in [2.24, 2.45) is 23.2 Å². The van der Waals surface area contributed by atoms with Gasteiger partial charge in [-0.1, -0.05) is 26.3 Å². The van der Waals surface area contributed by atoms with Crippen molar-refractivity contribution in [3.63, 3.8) is 0 Å². The number of carbonyl (C=O) groups excluding carboxylic acids is 1. The van der Waals surface area contributed by atoms with Crippen molar-refractivity contribution in [2.45, 2.75) is 64.6 Å². The highest BCUT2D eigenvalue weighted by atomic mass is 16.6. The van der Waals surface area contributed by atoms with Crippen LogP contribution in [0.1, 0.15) is 47.5 Å². The molecule has 0 aromatic heterocycles. The molecule has 25 heavy (non-hydrogen) atoms. The van der Waals surface area contributed by atoms with Crippen LogP contribution in [0.25, 0.3) is 0 Å². The number of hydrogen-bond donors (Lipinski definition) is 0. The summed E-state index contributed by atoms with van der Waals surface area (Å²) < 4.78 is 12.3. The van der Waals surface area contributed by atoms with Crippen molar-refractivity contribution in [3.8, 4) is 0 Å². The predicted octanol–water partition coefficient (Wildman–Crippen LogP) is 3.29. The van der Waals surface area contributed by atoms with Crippen molar-refractivity contribution in [1.29, 1.82) is 0 Å². The van der Waals surface area contributed by atoms with E-state index in [1.54, 1.807) is 0 Å². The maximum absolute atomic E-state index is 13.7. The second kappa shape index (κ2) is 4.51. The molecule has 0 N–H and O–H groups in total. The molecule has 5 aliphatic rings. The SMILES string of the molecule is CC(C)[C@H]1CCC2=C1C(=O)N(C(C)C)[C@@]13COC[C@@]14OC=C[C@@]4(C)[C@@H]23. The van der Waals surface area contributed by atoms with Crippen LogP contribution in [-0.4, -0.2) is 41.2 Å². The Kier molecular flexibility index (Phi) is 2.87. The zero-order valence-corrected chi connectivity index (χ0v) is 16.0. The minimum absolute atomic E-state index is 0.0657. The van der Waals surface area contributed by atoms with E-state index in [1.807, 2.05) is 6.26 Å². The first-order valence-electron chi connectivity index (χ1n) is 9.82. The number of carbonyl (C=O) groups is 1. The standard InChI is InChI=1S/C21H29NO3/c1-12(2)14-6-7-15-16(14)18(23)22(13(3)4)20-10-24-11-21(20)19(5,17(15)20)8-9-25-21/h8-9,12-14,17H,6-7,10-11H2,1-5H3/t14-,17-,19+,20-,21+/m1/s1. The summed E-state index contributed by atoms with van der Waals surface area (Å²) in [5.41, 5.74) is 1.74. The second-order valence-corrected chi connectivity index (χ2v) is 9.48. The van der Waals surface area contributed by atoms with E-state index in [2.05, 4.69) is 45.6 Å². The molecule has 5 atom stereocenters. The number of nitrogens with zero attached hydrogens (tertiary/aromatic N) is 1. The van der Waals surface area contributed by atoms with Crippen molar-refractivity contribution < 1.29 is 14.3 Å². The molecule has 0 aromatic rings. The lowest BCUT2D eigenvalue weighted by atomic mass is 9.38. The molecule has 3 heterocycles. The average Bonchev–Trinajstić information content (AvgIpc) is 3.17. The highest BCUT2D eigenvalue weighted by Gasteiger charge is 2.87. The van der Waals surface area contributed by atoms with Gasteiger partial charge in [-0.2, -0.15) is 0 Å². The first-order valence-corrected chi connectivity index (χ1v) is 9.82. The Morgan fingerprint density at radius 1 is 1.24 bits per heavy atom. The molecule has 2 spiro atoms. The Morgan fingerprint density at radius 2 is 2.00 bits per heavy atom. The van der Waals surface area contributed by atoms with Crippen LogP contribution in [0.4, 0.5) is 0 Å². The maximum Gasteiger partial charge on any atom is 0.250 e. The molecule has 5 rings (SSSR count). The van der Waals surface area contributed by atoms with Gasteiger partial charge in [0.25, 0.3) is 5.91 Å². The number of rotatable bonds is 2. The molecule has 0 unspecified atom stereocenters. The molecule has 136 valence electrons. The zero-order valence-electron chi connectivity index (χ0n) is 16.0. The quantitative estimate of drug-likeness (QED) is 0.772. The fraction of sp³-hybridized carbons (Fsp3) is 0.762. The third-order valence-corrected chi connectivity index (χ3v) is 7.95. The Labute approximate surface area is 150 Å². The molecule has 3 aliphatic heterocycles. The number of fused-ring (bicyclic) bond motifs is 2. The summed E-state index contributed by atoms with van der Waals surface area (Å²) in [6.45, 7) is 12.3. The minimum Gasteiger partial charge on any atom is -0.489 e. The number of hydrogen-bond acceptors (Lipinski definition) is 3. The van der Waals surface area contributed by atoms with E-state index in [4.69, 9.17) is 9.47 Å². The van der Waals surface area contributed by atoms with E-state index < -0.39 is 5.60 Å². The van der Waals surface area contributed by atoms with Crippen LogP contribution in [0.15, 0.2) is 23.5 Å². The van der Waals surface area contributed by atoms with Crippen LogP contribution in [0.2, 0.25) is 0 Å². The topological polar surface area (TPSA) is 38.8 Å². The molecule has 1 amide bonds. The third kappa shape index (κ3) is 1.39. The first-order chi connectivity index (χ1) is 11.8. The summed E-state index contributed by atoms with van der Waals surface area (Å²) in [5.74, 6) is 1.49. The molecule has 1 saturated heterocycles. The van der Waals surface area contributed by atoms with Crippen molar-refractivity contribution >= 4 is 5.91 Å². The molecule has 0 bridgehead atoms. The fourth-order valence-corrected chi connectivity index (χ4v) is 7.12. The zero-order chi connectivity index (χ0) is 17.8. The molecular formula is C21H29NO3. The Balaban J connectivity index is 1.76. The molecule has 4 nitrogen and oxygen atoms in total. The van der Waals surface area contributed by atoms with Gasteiger partial charge in [0.05, 0.1) is 19.5 Å². The van der Waals surface area contributed by atoms with Gasteiger partial charge in [-0.25, -0.2) is 0 Å². The summed E-state index contributed by atoms with van der Waals surface area (Å²) in [5, 5.41) is 0. The number of amides is 1. The maximum atomic E-state index is 13.7. The van der Waals surface area contributed by atoms with Crippen LogP contribution < -0.4 is 0 Å². The summed E-state index contributed by atoms with van der Waals surface area (Å²) in [6, 6.07) is 0.143. The van der Waals surface area contributed by atoms with E-state index in [-0.39, 0.29) is 22.9 Å². The molecular weight excluding hydrogens is 314 g/mol. The lowest BCUT2D eigenvalue weighted by molar-refractivity contribution is -0.254. The highest BCUT2D eigenvalue weighted by molar-refractivity contribution is 5.98. The summed E-state index contributed by atoms with van der Waals surface area (Å²) in [6.07, 6.45) is 6.28. The van der Waals surface area contributed by atoms with Crippen molar-refractivity contribution in [2.75, 3.05) is 13.2 Å². The number of ether oxygens (including phenoxy) is 2. The van der Waals surface area contributed by atoms with Gasteiger partial charge in [-0.05, 0) is 44.6 Å². The Hall–Kier alpha value is -1.29. The molecule has 0 radical (unpaired) electrons. The van der Waals surface area contributed by atoms with Crippen LogP contribution in [0, 0.1) is 23.2 Å². The average molecular weight is 343 g/mol. The van der Waals surface area contributed by atoms with Crippen molar-refractivity contribution in [1.82, 2.24) is 4.90 Å². The minimum atomic E-state index is -0.404. The van der Waals surface area contributed by atoms with E-state index in [9.17, 15) is 4.79 Å².